The van der Waals surface area contributed by atoms with E-state index in [-0.39, 0.29) is 0 Å². The number of hydrogen-bond donors (Lipinski definition) is 1. The highest BCUT2D eigenvalue weighted by Gasteiger charge is 2.28. The average Bonchev–Trinajstić information content (AvgIpc) is 2.40. The molecule has 1 saturated carbocycles. The normalized spacial score (nSPS) is 21.4. The van der Waals surface area contributed by atoms with Crippen molar-refractivity contribution in [1.29, 1.82) is 0 Å². The number of carbonyl (C=O) groups is 1. The van der Waals surface area contributed by atoms with E-state index in [2.05, 4.69) is 0 Å². The van der Waals surface area contributed by atoms with Gasteiger partial charge in [0, 0.05) is 6.42 Å². The van der Waals surface area contributed by atoms with Crippen molar-refractivity contribution in [2.75, 3.05) is 0 Å². The Morgan fingerprint density at radius 1 is 1.78 bits per heavy atom. The molecule has 0 heterocycles. The summed E-state index contributed by atoms with van der Waals surface area (Å²) in [6, 6.07) is 0. The van der Waals surface area contributed by atoms with Gasteiger partial charge in [-0.15, -0.1) is 0 Å². The second-order valence-electron chi connectivity index (χ2n) is 2.91. The molecule has 0 spiro atoms. The van der Waals surface area contributed by atoms with Crippen LogP contribution in [0.25, 0.3) is 0 Å². The van der Waals surface area contributed by atoms with E-state index in [0.717, 1.165) is 5.92 Å². The zero-order chi connectivity index (χ0) is 6.85. The van der Waals surface area contributed by atoms with Crippen molar-refractivity contribution in [2.45, 2.75) is 26.2 Å². The van der Waals surface area contributed by atoms with Crippen LogP contribution < -0.4 is 0 Å². The number of hydrogen-bond acceptors (Lipinski definition) is 1. The van der Waals surface area contributed by atoms with Crippen LogP contribution in [-0.2, 0) is 4.79 Å². The van der Waals surface area contributed by atoms with Gasteiger partial charge in [-0.1, -0.05) is 6.92 Å². The van der Waals surface area contributed by atoms with E-state index in [1.54, 1.807) is 0 Å². The average molecular weight is 128 g/mol. The fourth-order valence-electron chi connectivity index (χ4n) is 1.11. The summed E-state index contributed by atoms with van der Waals surface area (Å²) in [5.74, 6) is 0.470. The molecule has 0 radical (unpaired) electrons. The first-order chi connectivity index (χ1) is 4.20. The molecule has 0 aromatic heterocycles. The van der Waals surface area contributed by atoms with Crippen molar-refractivity contribution in [3.63, 3.8) is 0 Å². The molecular formula is C7H12O2. The molecule has 0 saturated heterocycles. The molecule has 1 aliphatic rings. The van der Waals surface area contributed by atoms with E-state index < -0.39 is 5.97 Å². The van der Waals surface area contributed by atoms with E-state index >= 15 is 0 Å². The third-order valence-electron chi connectivity index (χ3n) is 1.92. The van der Waals surface area contributed by atoms with Crippen LogP contribution in [0.3, 0.4) is 0 Å². The minimum Gasteiger partial charge on any atom is -0.481 e. The Hall–Kier alpha value is -0.530. The van der Waals surface area contributed by atoms with Gasteiger partial charge in [-0.05, 0) is 24.7 Å². The van der Waals surface area contributed by atoms with E-state index in [9.17, 15) is 4.79 Å². The number of rotatable bonds is 3. The molecule has 9 heavy (non-hydrogen) atoms. The second kappa shape index (κ2) is 2.38. The lowest BCUT2D eigenvalue weighted by atomic mass is 10.0. The zero-order valence-electron chi connectivity index (χ0n) is 5.63. The third-order valence-corrected chi connectivity index (χ3v) is 1.92. The lowest BCUT2D eigenvalue weighted by molar-refractivity contribution is -0.138. The van der Waals surface area contributed by atoms with Crippen molar-refractivity contribution >= 4 is 5.97 Å². The van der Waals surface area contributed by atoms with Crippen LogP contribution in [0.2, 0.25) is 0 Å². The Morgan fingerprint density at radius 3 is 2.67 bits per heavy atom. The summed E-state index contributed by atoms with van der Waals surface area (Å²) in [7, 11) is 0. The van der Waals surface area contributed by atoms with E-state index in [1.165, 1.54) is 12.8 Å². The van der Waals surface area contributed by atoms with Crippen molar-refractivity contribution in [1.82, 2.24) is 0 Å². The van der Waals surface area contributed by atoms with E-state index in [1.807, 2.05) is 6.92 Å². The van der Waals surface area contributed by atoms with Crippen LogP contribution >= 0.6 is 0 Å². The molecule has 1 rings (SSSR count). The Labute approximate surface area is 54.9 Å². The lowest BCUT2D eigenvalue weighted by Gasteiger charge is -2.03. The molecular weight excluding hydrogens is 116 g/mol. The first-order valence-electron chi connectivity index (χ1n) is 3.42. The van der Waals surface area contributed by atoms with Crippen LogP contribution in [0, 0.1) is 11.8 Å². The van der Waals surface area contributed by atoms with Gasteiger partial charge < -0.3 is 5.11 Å². The fourth-order valence-corrected chi connectivity index (χ4v) is 1.11. The number of aliphatic carboxylic acids is 1. The molecule has 1 atom stereocenters. The molecule has 0 amide bonds. The van der Waals surface area contributed by atoms with Gasteiger partial charge in [-0.2, -0.15) is 0 Å². The predicted octanol–water partition coefficient (Wildman–Crippen LogP) is 1.51. The monoisotopic (exact) mass is 128 g/mol. The molecule has 1 aliphatic carbocycles. The second-order valence-corrected chi connectivity index (χ2v) is 2.91. The summed E-state index contributed by atoms with van der Waals surface area (Å²) in [4.78, 5) is 10.1. The molecule has 2 nitrogen and oxygen atoms in total. The van der Waals surface area contributed by atoms with Crippen LogP contribution in [0.5, 0.6) is 0 Å². The number of carboxylic acids is 1. The minimum absolute atomic E-state index is 0.352. The Kier molecular flexibility index (Phi) is 1.74. The van der Waals surface area contributed by atoms with Gasteiger partial charge in [0.1, 0.15) is 0 Å². The third kappa shape index (κ3) is 2.04. The molecule has 1 N–H and O–H groups in total. The van der Waals surface area contributed by atoms with Gasteiger partial charge in [-0.25, -0.2) is 0 Å². The zero-order valence-corrected chi connectivity index (χ0v) is 5.63. The number of carboxylic acid groups (broad SMARTS) is 1. The van der Waals surface area contributed by atoms with Gasteiger partial charge in [0.05, 0.1) is 0 Å². The highest BCUT2D eigenvalue weighted by atomic mass is 16.4. The largest absolute Gasteiger partial charge is 0.481 e. The summed E-state index contributed by atoms with van der Waals surface area (Å²) in [5, 5.41) is 8.36. The highest BCUT2D eigenvalue weighted by Crippen LogP contribution is 2.37. The van der Waals surface area contributed by atoms with Gasteiger partial charge in [0.25, 0.3) is 0 Å². The first kappa shape index (κ1) is 6.59. The quantitative estimate of drug-likeness (QED) is 0.625. The lowest BCUT2D eigenvalue weighted by Crippen LogP contribution is -2.05. The summed E-state index contributed by atoms with van der Waals surface area (Å²) < 4.78 is 0. The Balaban J connectivity index is 2.17. The van der Waals surface area contributed by atoms with Crippen LogP contribution in [0.15, 0.2) is 0 Å². The van der Waals surface area contributed by atoms with Crippen molar-refractivity contribution < 1.29 is 9.90 Å². The van der Waals surface area contributed by atoms with Crippen LogP contribution in [0.1, 0.15) is 26.2 Å². The van der Waals surface area contributed by atoms with Crippen molar-refractivity contribution in [3.05, 3.63) is 0 Å². The van der Waals surface area contributed by atoms with E-state index in [4.69, 9.17) is 5.11 Å². The molecule has 1 unspecified atom stereocenters. The van der Waals surface area contributed by atoms with Crippen molar-refractivity contribution in [2.24, 2.45) is 11.8 Å². The summed E-state index contributed by atoms with van der Waals surface area (Å²) in [6.07, 6.45) is 2.84. The Bertz CT molecular complexity index is 116. The molecule has 0 aliphatic heterocycles. The SMILES string of the molecule is CC(CC(=O)O)C1CC1. The summed E-state index contributed by atoms with van der Waals surface area (Å²) in [5.41, 5.74) is 0. The minimum atomic E-state index is -0.658. The summed E-state index contributed by atoms with van der Waals surface area (Å²) >= 11 is 0. The van der Waals surface area contributed by atoms with Gasteiger partial charge >= 0.3 is 5.97 Å². The maximum Gasteiger partial charge on any atom is 0.303 e. The molecule has 0 bridgehead atoms. The standard InChI is InChI=1S/C7H12O2/c1-5(4-7(8)9)6-2-3-6/h5-6H,2-4H2,1H3,(H,8,9). The molecule has 1 fully saturated rings. The molecule has 0 aromatic carbocycles. The molecule has 2 heteroatoms. The maximum atomic E-state index is 10.1. The fraction of sp³-hybridized carbons (Fsp3) is 0.857. The Morgan fingerprint density at radius 2 is 2.33 bits per heavy atom. The summed E-state index contributed by atoms with van der Waals surface area (Å²) in [6.45, 7) is 2.02. The smallest absolute Gasteiger partial charge is 0.303 e. The molecule has 52 valence electrons. The van der Waals surface area contributed by atoms with Gasteiger partial charge in [0.15, 0.2) is 0 Å². The highest BCUT2D eigenvalue weighted by molar-refractivity contribution is 5.67. The maximum absolute atomic E-state index is 10.1. The topological polar surface area (TPSA) is 37.3 Å². The van der Waals surface area contributed by atoms with E-state index in [0.29, 0.717) is 12.3 Å². The predicted molar refractivity (Wildman–Crippen MR) is 34.1 cm³/mol. The van der Waals surface area contributed by atoms with Crippen LogP contribution in [-0.4, -0.2) is 11.1 Å². The van der Waals surface area contributed by atoms with Gasteiger partial charge in [0.2, 0.25) is 0 Å². The molecule has 0 aromatic rings. The first-order valence-corrected chi connectivity index (χ1v) is 3.42. The van der Waals surface area contributed by atoms with Crippen molar-refractivity contribution in [3.8, 4) is 0 Å². The van der Waals surface area contributed by atoms with Gasteiger partial charge in [-0.3, -0.25) is 4.79 Å². The van der Waals surface area contributed by atoms with Crippen LogP contribution in [0.4, 0.5) is 0 Å².